The molecular formula is C27H35N3O6. The number of nitrogens with one attached hydrogen (secondary N) is 2. The smallest absolute Gasteiger partial charge is 0.306 e. The molecule has 0 saturated carbocycles. The van der Waals surface area contributed by atoms with E-state index in [9.17, 15) is 9.59 Å². The highest BCUT2D eigenvalue weighted by atomic mass is 16.6. The van der Waals surface area contributed by atoms with Crippen molar-refractivity contribution < 1.29 is 28.9 Å². The van der Waals surface area contributed by atoms with Crippen LogP contribution in [0, 0.1) is 0 Å². The number of hydrazine groups is 1. The van der Waals surface area contributed by atoms with Crippen molar-refractivity contribution in [2.45, 2.75) is 57.3 Å². The van der Waals surface area contributed by atoms with E-state index in [1.165, 1.54) is 0 Å². The molecule has 0 unspecified atom stereocenters. The summed E-state index contributed by atoms with van der Waals surface area (Å²) < 4.78 is 17.4. The SMILES string of the molecule is CNNC(=O)[C@@]1(CCC(=O)OC(C)(C)C)N=C(c2ccc(OCCCO)cc2)O[C@H]1c1ccccc1. The van der Waals surface area contributed by atoms with Crippen LogP contribution in [0.2, 0.25) is 0 Å². The topological polar surface area (TPSA) is 118 Å². The normalized spacial score (nSPS) is 19.2. The number of carbonyl (C=O) groups excluding carboxylic acids is 2. The summed E-state index contributed by atoms with van der Waals surface area (Å²) in [6.07, 6.45) is -0.155. The van der Waals surface area contributed by atoms with E-state index in [1.54, 1.807) is 52.1 Å². The Hall–Kier alpha value is -3.43. The minimum atomic E-state index is -1.41. The molecule has 1 aliphatic heterocycles. The molecule has 0 bridgehead atoms. The molecule has 1 heterocycles. The zero-order valence-corrected chi connectivity index (χ0v) is 21.2. The number of ether oxygens (including phenoxy) is 3. The molecule has 3 rings (SSSR count). The van der Waals surface area contributed by atoms with Gasteiger partial charge in [-0.15, -0.1) is 0 Å². The van der Waals surface area contributed by atoms with Crippen LogP contribution in [-0.2, 0) is 19.1 Å². The lowest BCUT2D eigenvalue weighted by Crippen LogP contribution is -2.52. The van der Waals surface area contributed by atoms with Gasteiger partial charge in [0.2, 0.25) is 5.90 Å². The monoisotopic (exact) mass is 497 g/mol. The molecule has 3 N–H and O–H groups in total. The fraction of sp³-hybridized carbons (Fsp3) is 0.444. The molecule has 0 radical (unpaired) electrons. The third-order valence-corrected chi connectivity index (χ3v) is 5.50. The molecule has 2 aromatic rings. The predicted molar refractivity (Wildman–Crippen MR) is 135 cm³/mol. The van der Waals surface area contributed by atoms with Gasteiger partial charge in [-0.1, -0.05) is 30.3 Å². The molecular weight excluding hydrogens is 462 g/mol. The molecule has 0 spiro atoms. The number of esters is 1. The Bertz CT molecular complexity index is 1050. The first-order valence-corrected chi connectivity index (χ1v) is 12.0. The number of hydrogen-bond acceptors (Lipinski definition) is 8. The quantitative estimate of drug-likeness (QED) is 0.248. The fourth-order valence-corrected chi connectivity index (χ4v) is 3.91. The standard InChI is InChI=1S/C27H35N3O6/c1-26(2,3)36-22(32)15-16-27(25(33)30-28-4)23(19-9-6-5-7-10-19)35-24(29-27)20-11-13-21(14-12-20)34-18-8-17-31/h5-7,9-14,23,28,31H,8,15-18H2,1-4H3,(H,30,33)/t23-,27-/m0/s1. The number of hydrogen-bond donors (Lipinski definition) is 3. The summed E-state index contributed by atoms with van der Waals surface area (Å²) in [6, 6.07) is 16.5. The van der Waals surface area contributed by atoms with Crippen LogP contribution in [0.15, 0.2) is 59.6 Å². The van der Waals surface area contributed by atoms with Gasteiger partial charge in [-0.25, -0.2) is 10.4 Å². The molecule has 0 aromatic heterocycles. The Morgan fingerprint density at radius 2 is 1.81 bits per heavy atom. The molecule has 2 atom stereocenters. The van der Waals surface area contributed by atoms with Crippen molar-refractivity contribution in [2.75, 3.05) is 20.3 Å². The Balaban J connectivity index is 1.96. The maximum atomic E-state index is 13.5. The Morgan fingerprint density at radius 1 is 1.11 bits per heavy atom. The molecule has 0 saturated heterocycles. The number of nitrogens with zero attached hydrogens (tertiary/aromatic N) is 1. The van der Waals surface area contributed by atoms with Crippen molar-refractivity contribution in [1.29, 1.82) is 0 Å². The molecule has 9 nitrogen and oxygen atoms in total. The van der Waals surface area contributed by atoms with E-state index in [4.69, 9.17) is 24.3 Å². The first kappa shape index (κ1) is 27.2. The Labute approximate surface area is 211 Å². The van der Waals surface area contributed by atoms with Gasteiger partial charge in [0.15, 0.2) is 11.6 Å². The van der Waals surface area contributed by atoms with Gasteiger partial charge in [-0.2, -0.15) is 0 Å². The lowest BCUT2D eigenvalue weighted by Gasteiger charge is -2.30. The average Bonchev–Trinajstić information content (AvgIpc) is 3.24. The molecule has 194 valence electrons. The number of aliphatic hydroxyl groups excluding tert-OH is 1. The van der Waals surface area contributed by atoms with Crippen LogP contribution in [0.5, 0.6) is 5.75 Å². The number of benzene rings is 2. The highest BCUT2D eigenvalue weighted by molar-refractivity contribution is 6.01. The highest BCUT2D eigenvalue weighted by Gasteiger charge is 2.53. The fourth-order valence-electron chi connectivity index (χ4n) is 3.91. The molecule has 9 heteroatoms. The molecule has 0 aliphatic carbocycles. The maximum Gasteiger partial charge on any atom is 0.306 e. The third-order valence-electron chi connectivity index (χ3n) is 5.50. The van der Waals surface area contributed by atoms with Gasteiger partial charge >= 0.3 is 5.97 Å². The van der Waals surface area contributed by atoms with E-state index in [0.717, 1.165) is 5.56 Å². The molecule has 2 aromatic carbocycles. The number of aliphatic imine (C=N–C) groups is 1. The largest absolute Gasteiger partial charge is 0.494 e. The summed E-state index contributed by atoms with van der Waals surface area (Å²) in [4.78, 5) is 30.9. The van der Waals surface area contributed by atoms with Crippen LogP contribution in [-0.4, -0.2) is 54.3 Å². The summed E-state index contributed by atoms with van der Waals surface area (Å²) in [7, 11) is 1.59. The van der Waals surface area contributed by atoms with Gasteiger partial charge in [-0.3, -0.25) is 15.0 Å². The number of rotatable bonds is 11. The molecule has 1 aliphatic rings. The minimum Gasteiger partial charge on any atom is -0.494 e. The van der Waals surface area contributed by atoms with Crippen LogP contribution in [0.25, 0.3) is 0 Å². The van der Waals surface area contributed by atoms with Gasteiger partial charge in [-0.05, 0) is 57.0 Å². The van der Waals surface area contributed by atoms with Gasteiger partial charge in [0.05, 0.1) is 6.61 Å². The average molecular weight is 498 g/mol. The zero-order chi connectivity index (χ0) is 26.2. The summed E-state index contributed by atoms with van der Waals surface area (Å²) >= 11 is 0. The van der Waals surface area contributed by atoms with Gasteiger partial charge in [0.25, 0.3) is 5.91 Å². The number of carbonyl (C=O) groups is 2. The first-order valence-electron chi connectivity index (χ1n) is 12.0. The van der Waals surface area contributed by atoms with Crippen molar-refractivity contribution in [3.8, 4) is 5.75 Å². The van der Waals surface area contributed by atoms with Crippen LogP contribution >= 0.6 is 0 Å². The second-order valence-corrected chi connectivity index (χ2v) is 9.49. The van der Waals surface area contributed by atoms with Crippen LogP contribution in [0.4, 0.5) is 0 Å². The zero-order valence-electron chi connectivity index (χ0n) is 21.2. The number of aliphatic hydroxyl groups is 1. The van der Waals surface area contributed by atoms with Gasteiger partial charge < -0.3 is 19.3 Å². The lowest BCUT2D eigenvalue weighted by atomic mass is 9.83. The second-order valence-electron chi connectivity index (χ2n) is 9.49. The third kappa shape index (κ3) is 6.83. The lowest BCUT2D eigenvalue weighted by molar-refractivity contribution is -0.155. The van der Waals surface area contributed by atoms with Gasteiger partial charge in [0, 0.05) is 32.1 Å². The van der Waals surface area contributed by atoms with Gasteiger partial charge in [0.1, 0.15) is 11.4 Å². The van der Waals surface area contributed by atoms with Crippen molar-refractivity contribution in [3.63, 3.8) is 0 Å². The summed E-state index contributed by atoms with van der Waals surface area (Å²) in [5, 5.41) is 8.94. The summed E-state index contributed by atoms with van der Waals surface area (Å²) in [6.45, 7) is 5.86. The molecule has 36 heavy (non-hydrogen) atoms. The number of amides is 1. The van der Waals surface area contributed by atoms with Crippen molar-refractivity contribution >= 4 is 17.8 Å². The Morgan fingerprint density at radius 3 is 2.42 bits per heavy atom. The predicted octanol–water partition coefficient (Wildman–Crippen LogP) is 3.08. The second kappa shape index (κ2) is 12.0. The van der Waals surface area contributed by atoms with E-state index in [2.05, 4.69) is 10.9 Å². The van der Waals surface area contributed by atoms with E-state index >= 15 is 0 Å². The van der Waals surface area contributed by atoms with Crippen molar-refractivity contribution in [2.24, 2.45) is 4.99 Å². The Kier molecular flexibility index (Phi) is 9.06. The van der Waals surface area contributed by atoms with E-state index in [0.29, 0.717) is 30.2 Å². The molecule has 0 fully saturated rings. The van der Waals surface area contributed by atoms with E-state index in [-0.39, 0.29) is 19.4 Å². The maximum absolute atomic E-state index is 13.5. The van der Waals surface area contributed by atoms with Crippen molar-refractivity contribution in [3.05, 3.63) is 65.7 Å². The van der Waals surface area contributed by atoms with Crippen molar-refractivity contribution in [1.82, 2.24) is 10.9 Å². The van der Waals surface area contributed by atoms with Crippen LogP contribution < -0.4 is 15.6 Å². The summed E-state index contributed by atoms with van der Waals surface area (Å²) in [5.74, 6) is 0.107. The van der Waals surface area contributed by atoms with E-state index < -0.39 is 29.1 Å². The minimum absolute atomic E-state index is 0.0183. The van der Waals surface area contributed by atoms with Crippen LogP contribution in [0.1, 0.15) is 57.3 Å². The molecule has 1 amide bonds. The first-order chi connectivity index (χ1) is 17.2. The summed E-state index contributed by atoms with van der Waals surface area (Å²) in [5.41, 5.74) is 4.70. The van der Waals surface area contributed by atoms with Crippen LogP contribution in [0.3, 0.4) is 0 Å². The highest BCUT2D eigenvalue weighted by Crippen LogP contribution is 2.43. The van der Waals surface area contributed by atoms with E-state index in [1.807, 2.05) is 30.3 Å².